The molecule has 0 unspecified atom stereocenters. The molecule has 2 aromatic heterocycles. The highest BCUT2D eigenvalue weighted by Gasteiger charge is 2.20. The van der Waals surface area contributed by atoms with E-state index in [2.05, 4.69) is 15.5 Å². The molecule has 0 fully saturated rings. The van der Waals surface area contributed by atoms with Crippen molar-refractivity contribution < 1.29 is 18.0 Å². The summed E-state index contributed by atoms with van der Waals surface area (Å²) in [5, 5.41) is 21.5. The minimum Gasteiger partial charge on any atom is -0.443 e. The summed E-state index contributed by atoms with van der Waals surface area (Å²) in [6.45, 7) is 0. The van der Waals surface area contributed by atoms with Crippen molar-refractivity contribution in [3.05, 3.63) is 90.2 Å². The molecule has 0 saturated heterocycles. The molecule has 0 aliphatic carbocycles. The van der Waals surface area contributed by atoms with E-state index in [0.29, 0.717) is 38.9 Å². The first-order valence-corrected chi connectivity index (χ1v) is 11.3. The molecule has 0 spiro atoms. The van der Waals surface area contributed by atoms with Crippen molar-refractivity contribution >= 4 is 34.3 Å². The fourth-order valence-corrected chi connectivity index (χ4v) is 4.28. The number of halogens is 2. The number of furan rings is 1. The Morgan fingerprint density at radius 2 is 1.69 bits per heavy atom. The molecule has 1 N–H and O–H groups in total. The van der Waals surface area contributed by atoms with Crippen LogP contribution in [0.25, 0.3) is 28.0 Å². The number of para-hydroxylation sites is 1. The van der Waals surface area contributed by atoms with E-state index in [1.54, 1.807) is 53.1 Å². The van der Waals surface area contributed by atoms with E-state index in [1.807, 2.05) is 6.07 Å². The Bertz CT molecular complexity index is 1570. The maximum absolute atomic E-state index is 13.5. The number of fused-ring (bicyclic) bond motifs is 1. The molecule has 5 aromatic rings. The van der Waals surface area contributed by atoms with E-state index < -0.39 is 11.6 Å². The zero-order chi connectivity index (χ0) is 24.4. The van der Waals surface area contributed by atoms with E-state index >= 15 is 0 Å². The second-order valence-electron chi connectivity index (χ2n) is 7.38. The van der Waals surface area contributed by atoms with Gasteiger partial charge in [-0.25, -0.2) is 8.78 Å². The van der Waals surface area contributed by atoms with E-state index in [0.717, 1.165) is 11.8 Å². The van der Waals surface area contributed by atoms with Crippen LogP contribution in [-0.2, 0) is 4.79 Å². The molecule has 3 aromatic carbocycles. The van der Waals surface area contributed by atoms with E-state index in [4.69, 9.17) is 4.42 Å². The molecule has 10 heteroatoms. The molecule has 5 rings (SSSR count). The van der Waals surface area contributed by atoms with Crippen LogP contribution in [0.2, 0.25) is 0 Å². The van der Waals surface area contributed by atoms with Crippen molar-refractivity contribution in [2.24, 2.45) is 0 Å². The first kappa shape index (κ1) is 22.3. The molecule has 0 aliphatic heterocycles. The Labute approximate surface area is 202 Å². The van der Waals surface area contributed by atoms with Gasteiger partial charge in [-0.3, -0.25) is 9.36 Å². The van der Waals surface area contributed by atoms with Crippen LogP contribution in [-0.4, -0.2) is 26.4 Å². The number of amides is 1. The third kappa shape index (κ3) is 4.49. The van der Waals surface area contributed by atoms with Crippen molar-refractivity contribution in [3.8, 4) is 23.1 Å². The number of benzene rings is 3. The fourth-order valence-electron chi connectivity index (χ4n) is 3.53. The summed E-state index contributed by atoms with van der Waals surface area (Å²) in [4.78, 5) is 12.8. The predicted molar refractivity (Wildman–Crippen MR) is 127 cm³/mol. The number of aromatic nitrogens is 3. The molecule has 7 nitrogen and oxygen atoms in total. The Balaban J connectivity index is 1.43. The number of thioether (sulfide) groups is 1. The van der Waals surface area contributed by atoms with E-state index in [9.17, 15) is 18.8 Å². The average Bonchev–Trinajstić information content (AvgIpc) is 3.45. The fraction of sp³-hybridized carbons (Fsp3) is 0.0400. The maximum atomic E-state index is 13.5. The highest BCUT2D eigenvalue weighted by Crippen LogP contribution is 2.31. The van der Waals surface area contributed by atoms with Gasteiger partial charge in [0.2, 0.25) is 11.7 Å². The zero-order valence-corrected chi connectivity index (χ0v) is 18.7. The molecular formula is C25H15F2N5O2S. The van der Waals surface area contributed by atoms with Gasteiger partial charge < -0.3 is 9.73 Å². The average molecular weight is 487 g/mol. The van der Waals surface area contributed by atoms with Gasteiger partial charge in [0.25, 0.3) is 0 Å². The van der Waals surface area contributed by atoms with Crippen molar-refractivity contribution in [2.45, 2.75) is 5.16 Å². The largest absolute Gasteiger partial charge is 0.443 e. The summed E-state index contributed by atoms with van der Waals surface area (Å²) in [5.41, 5.74) is 1.97. The molecule has 0 saturated carbocycles. The van der Waals surface area contributed by atoms with E-state index in [1.165, 1.54) is 24.3 Å². The Hall–Kier alpha value is -4.49. The normalized spacial score (nSPS) is 10.9. The SMILES string of the molecule is N#Cc1oc2ccccc2c1NC(=O)CSc1nnc(-c2ccc(F)cc2)n1-c1ccc(F)cc1. The third-order valence-electron chi connectivity index (χ3n) is 5.11. The van der Waals surface area contributed by atoms with Gasteiger partial charge in [0.15, 0.2) is 11.0 Å². The van der Waals surface area contributed by atoms with Gasteiger partial charge in [-0.2, -0.15) is 5.26 Å². The molecule has 2 heterocycles. The van der Waals surface area contributed by atoms with Crippen LogP contribution in [0.5, 0.6) is 0 Å². The number of carbonyl (C=O) groups is 1. The minimum atomic E-state index is -0.403. The molecular weight excluding hydrogens is 472 g/mol. The van der Waals surface area contributed by atoms with Gasteiger partial charge in [0.1, 0.15) is 29.0 Å². The number of nitrogens with one attached hydrogen (secondary N) is 1. The topological polar surface area (TPSA) is 96.7 Å². The molecule has 172 valence electrons. The lowest BCUT2D eigenvalue weighted by atomic mass is 10.2. The van der Waals surface area contributed by atoms with Gasteiger partial charge >= 0.3 is 0 Å². The summed E-state index contributed by atoms with van der Waals surface area (Å²) in [6, 6.07) is 20.4. The predicted octanol–water partition coefficient (Wildman–Crippen LogP) is 5.56. The van der Waals surface area contributed by atoms with Crippen LogP contribution >= 0.6 is 11.8 Å². The van der Waals surface area contributed by atoms with Gasteiger partial charge in [0, 0.05) is 16.6 Å². The first-order valence-electron chi connectivity index (χ1n) is 10.3. The summed E-state index contributed by atoms with van der Waals surface area (Å²) in [5.74, 6) is -0.803. The van der Waals surface area contributed by atoms with Crippen molar-refractivity contribution in [1.82, 2.24) is 14.8 Å². The highest BCUT2D eigenvalue weighted by atomic mass is 32.2. The number of carbonyl (C=O) groups excluding carboxylic acids is 1. The molecule has 1 amide bonds. The van der Waals surface area contributed by atoms with Gasteiger partial charge in [-0.15, -0.1) is 10.2 Å². The van der Waals surface area contributed by atoms with Crippen LogP contribution < -0.4 is 5.32 Å². The number of hydrogen-bond acceptors (Lipinski definition) is 6. The summed E-state index contributed by atoms with van der Waals surface area (Å²) < 4.78 is 34.1. The van der Waals surface area contributed by atoms with Crippen LogP contribution in [0, 0.1) is 23.0 Å². The lowest BCUT2D eigenvalue weighted by Crippen LogP contribution is -2.15. The highest BCUT2D eigenvalue weighted by molar-refractivity contribution is 7.99. The lowest BCUT2D eigenvalue weighted by Gasteiger charge is -2.10. The van der Waals surface area contributed by atoms with Crippen molar-refractivity contribution in [3.63, 3.8) is 0 Å². The van der Waals surface area contributed by atoms with E-state index in [-0.39, 0.29) is 17.4 Å². The second kappa shape index (κ2) is 9.40. The molecule has 0 aliphatic rings. The number of nitriles is 1. The Morgan fingerprint density at radius 3 is 2.40 bits per heavy atom. The molecule has 0 bridgehead atoms. The number of rotatable bonds is 6. The van der Waals surface area contributed by atoms with Gasteiger partial charge in [-0.1, -0.05) is 23.9 Å². The van der Waals surface area contributed by atoms with Gasteiger partial charge in [0.05, 0.1) is 5.75 Å². The van der Waals surface area contributed by atoms with Crippen LogP contribution in [0.3, 0.4) is 0 Å². The number of hydrogen-bond donors (Lipinski definition) is 1. The quantitative estimate of drug-likeness (QED) is 0.315. The molecule has 0 radical (unpaired) electrons. The van der Waals surface area contributed by atoms with Crippen LogP contribution in [0.4, 0.5) is 14.5 Å². The first-order chi connectivity index (χ1) is 17.0. The lowest BCUT2D eigenvalue weighted by molar-refractivity contribution is -0.113. The minimum absolute atomic E-state index is 0.0117. The summed E-state index contributed by atoms with van der Waals surface area (Å²) >= 11 is 1.11. The number of nitrogens with zero attached hydrogens (tertiary/aromatic N) is 4. The molecule has 0 atom stereocenters. The smallest absolute Gasteiger partial charge is 0.234 e. The second-order valence-corrected chi connectivity index (χ2v) is 8.32. The maximum Gasteiger partial charge on any atom is 0.234 e. The standard InChI is InChI=1S/C25H15F2N5O2S/c26-16-7-5-15(6-8-16)24-30-31-25(32(24)18-11-9-17(27)10-12-18)35-14-22(33)29-23-19-3-1-2-4-20(19)34-21(23)13-28/h1-12H,14H2,(H,29,33). The van der Waals surface area contributed by atoms with Crippen LogP contribution in [0.15, 0.2) is 82.4 Å². The van der Waals surface area contributed by atoms with Crippen molar-refractivity contribution in [1.29, 1.82) is 5.26 Å². The van der Waals surface area contributed by atoms with Crippen LogP contribution in [0.1, 0.15) is 5.76 Å². The summed E-state index contributed by atoms with van der Waals surface area (Å²) in [7, 11) is 0. The summed E-state index contributed by atoms with van der Waals surface area (Å²) in [6.07, 6.45) is 0. The number of anilines is 1. The third-order valence-corrected chi connectivity index (χ3v) is 6.04. The Morgan fingerprint density at radius 1 is 1.00 bits per heavy atom. The van der Waals surface area contributed by atoms with Crippen molar-refractivity contribution in [2.75, 3.05) is 11.1 Å². The van der Waals surface area contributed by atoms with Gasteiger partial charge in [-0.05, 0) is 60.7 Å². The Kier molecular flexibility index (Phi) is 5.99. The molecule has 35 heavy (non-hydrogen) atoms. The monoisotopic (exact) mass is 487 g/mol. The zero-order valence-electron chi connectivity index (χ0n) is 17.9.